The van der Waals surface area contributed by atoms with Gasteiger partial charge in [-0.15, -0.1) is 0 Å². The summed E-state index contributed by atoms with van der Waals surface area (Å²) in [5.74, 6) is -0.987. The third kappa shape index (κ3) is 6.80. The van der Waals surface area contributed by atoms with Gasteiger partial charge in [0.05, 0.1) is 6.10 Å². The summed E-state index contributed by atoms with van der Waals surface area (Å²) in [6, 6.07) is 0. The first-order valence-electron chi connectivity index (χ1n) is 5.68. The van der Waals surface area contributed by atoms with Gasteiger partial charge in [-0.3, -0.25) is 4.79 Å². The summed E-state index contributed by atoms with van der Waals surface area (Å²) in [4.78, 5) is 10.8. The molecule has 0 amide bonds. The lowest BCUT2D eigenvalue weighted by Crippen LogP contribution is -2.47. The van der Waals surface area contributed by atoms with Crippen molar-refractivity contribution in [1.82, 2.24) is 0 Å². The largest absolute Gasteiger partial charge is 0.480 e. The Kier molecular flexibility index (Phi) is 5.42. The van der Waals surface area contributed by atoms with Gasteiger partial charge in [0.15, 0.2) is 0 Å². The van der Waals surface area contributed by atoms with Crippen LogP contribution in [0.5, 0.6) is 0 Å². The summed E-state index contributed by atoms with van der Waals surface area (Å²) in [6.45, 7) is 10.4. The van der Waals surface area contributed by atoms with Crippen molar-refractivity contribution in [2.45, 2.75) is 59.1 Å². The Bertz CT molecular complexity index is 231. The van der Waals surface area contributed by atoms with E-state index in [0.717, 1.165) is 6.42 Å². The molecule has 0 saturated carbocycles. The van der Waals surface area contributed by atoms with Crippen molar-refractivity contribution in [1.29, 1.82) is 0 Å². The highest BCUT2D eigenvalue weighted by molar-refractivity contribution is 5.77. The van der Waals surface area contributed by atoms with Gasteiger partial charge in [-0.25, -0.2) is 0 Å². The van der Waals surface area contributed by atoms with Crippen LogP contribution in [0.25, 0.3) is 0 Å². The quantitative estimate of drug-likeness (QED) is 0.733. The molecule has 0 saturated heterocycles. The van der Waals surface area contributed by atoms with Crippen LogP contribution in [0.3, 0.4) is 0 Å². The molecule has 0 aliphatic rings. The summed E-state index contributed by atoms with van der Waals surface area (Å²) in [5.41, 5.74) is 4.67. The highest BCUT2D eigenvalue weighted by Crippen LogP contribution is 2.19. The third-order valence-corrected chi connectivity index (χ3v) is 2.45. The van der Waals surface area contributed by atoms with Crippen LogP contribution in [0.2, 0.25) is 0 Å². The van der Waals surface area contributed by atoms with Gasteiger partial charge in [-0.05, 0) is 25.7 Å². The van der Waals surface area contributed by atoms with Crippen LogP contribution < -0.4 is 5.73 Å². The fourth-order valence-corrected chi connectivity index (χ4v) is 1.31. The van der Waals surface area contributed by atoms with Crippen molar-refractivity contribution >= 4 is 5.97 Å². The first-order chi connectivity index (χ1) is 7.04. The predicted molar refractivity (Wildman–Crippen MR) is 64.3 cm³/mol. The van der Waals surface area contributed by atoms with E-state index in [1.807, 2.05) is 6.92 Å². The number of carbonyl (C=O) groups is 1. The zero-order valence-electron chi connectivity index (χ0n) is 11.0. The van der Waals surface area contributed by atoms with Gasteiger partial charge < -0.3 is 15.6 Å². The molecule has 0 spiro atoms. The smallest absolute Gasteiger partial charge is 0.323 e. The van der Waals surface area contributed by atoms with Crippen molar-refractivity contribution in [3.05, 3.63) is 0 Å². The minimum Gasteiger partial charge on any atom is -0.480 e. The van der Waals surface area contributed by atoms with E-state index < -0.39 is 11.5 Å². The second kappa shape index (κ2) is 5.64. The topological polar surface area (TPSA) is 72.6 Å². The fourth-order valence-electron chi connectivity index (χ4n) is 1.31. The predicted octanol–water partition coefficient (Wildman–Crippen LogP) is 2.02. The molecule has 0 bridgehead atoms. The summed E-state index contributed by atoms with van der Waals surface area (Å²) < 4.78 is 5.56. The number of nitrogens with two attached hydrogens (primary N) is 1. The van der Waals surface area contributed by atoms with E-state index in [2.05, 4.69) is 20.8 Å². The van der Waals surface area contributed by atoms with Crippen LogP contribution in [0.1, 0.15) is 47.5 Å². The monoisotopic (exact) mass is 231 g/mol. The number of ether oxygens (including phenoxy) is 1. The van der Waals surface area contributed by atoms with Gasteiger partial charge in [0.25, 0.3) is 0 Å². The van der Waals surface area contributed by atoms with Crippen molar-refractivity contribution < 1.29 is 14.6 Å². The first-order valence-corrected chi connectivity index (χ1v) is 5.68. The molecule has 0 radical (unpaired) electrons. The standard InChI is InChI=1S/C12H25NO3/c1-9(8-12(5,13)10(14)15)16-7-6-11(2,3)4/h9H,6-8,13H2,1-5H3,(H,14,15). The summed E-state index contributed by atoms with van der Waals surface area (Å²) >= 11 is 0. The van der Waals surface area contributed by atoms with Gasteiger partial charge in [-0.2, -0.15) is 0 Å². The van der Waals surface area contributed by atoms with E-state index in [1.165, 1.54) is 6.92 Å². The van der Waals surface area contributed by atoms with Gasteiger partial charge in [-0.1, -0.05) is 20.8 Å². The van der Waals surface area contributed by atoms with E-state index >= 15 is 0 Å². The first kappa shape index (κ1) is 15.4. The second-order valence-electron chi connectivity index (χ2n) is 5.92. The number of rotatable bonds is 6. The van der Waals surface area contributed by atoms with E-state index in [4.69, 9.17) is 15.6 Å². The molecule has 0 aromatic heterocycles. The minimum absolute atomic E-state index is 0.131. The Balaban J connectivity index is 3.92. The lowest BCUT2D eigenvalue weighted by molar-refractivity contribution is -0.144. The Morgan fingerprint density at radius 1 is 1.38 bits per heavy atom. The van der Waals surface area contributed by atoms with E-state index in [-0.39, 0.29) is 11.5 Å². The lowest BCUT2D eigenvalue weighted by Gasteiger charge is -2.25. The molecule has 0 rings (SSSR count). The van der Waals surface area contributed by atoms with Crippen molar-refractivity contribution in [2.24, 2.45) is 11.1 Å². The molecule has 2 atom stereocenters. The fraction of sp³-hybridized carbons (Fsp3) is 0.917. The molecule has 0 heterocycles. The molecule has 96 valence electrons. The van der Waals surface area contributed by atoms with Gasteiger partial charge in [0.2, 0.25) is 0 Å². The maximum atomic E-state index is 10.8. The second-order valence-corrected chi connectivity index (χ2v) is 5.92. The third-order valence-electron chi connectivity index (χ3n) is 2.45. The zero-order chi connectivity index (χ0) is 13.0. The Labute approximate surface area is 98.2 Å². The number of hydrogen-bond acceptors (Lipinski definition) is 3. The normalized spacial score (nSPS) is 17.9. The van der Waals surface area contributed by atoms with E-state index in [1.54, 1.807) is 0 Å². The summed E-state index contributed by atoms with van der Waals surface area (Å²) in [7, 11) is 0. The Morgan fingerprint density at radius 2 is 1.88 bits per heavy atom. The molecule has 0 aromatic carbocycles. The van der Waals surface area contributed by atoms with E-state index in [9.17, 15) is 4.79 Å². The summed E-state index contributed by atoms with van der Waals surface area (Å²) in [5, 5.41) is 8.86. The molecule has 0 aromatic rings. The maximum absolute atomic E-state index is 10.8. The lowest BCUT2D eigenvalue weighted by atomic mass is 9.93. The Hall–Kier alpha value is -0.610. The molecule has 4 nitrogen and oxygen atoms in total. The molecular weight excluding hydrogens is 206 g/mol. The number of carboxylic acids is 1. The van der Waals surface area contributed by atoms with Gasteiger partial charge in [0, 0.05) is 13.0 Å². The van der Waals surface area contributed by atoms with Crippen LogP contribution in [0.15, 0.2) is 0 Å². The molecule has 2 unspecified atom stereocenters. The van der Waals surface area contributed by atoms with Crippen LogP contribution >= 0.6 is 0 Å². The van der Waals surface area contributed by atoms with Gasteiger partial charge in [0.1, 0.15) is 5.54 Å². The van der Waals surface area contributed by atoms with Crippen LogP contribution in [0.4, 0.5) is 0 Å². The van der Waals surface area contributed by atoms with Crippen LogP contribution in [-0.4, -0.2) is 29.3 Å². The average molecular weight is 231 g/mol. The maximum Gasteiger partial charge on any atom is 0.323 e. The molecule has 0 aliphatic carbocycles. The molecule has 0 aliphatic heterocycles. The Morgan fingerprint density at radius 3 is 2.25 bits per heavy atom. The van der Waals surface area contributed by atoms with Gasteiger partial charge >= 0.3 is 5.97 Å². The molecule has 4 heteroatoms. The molecule has 3 N–H and O–H groups in total. The minimum atomic E-state index is -1.21. The highest BCUT2D eigenvalue weighted by Gasteiger charge is 2.30. The van der Waals surface area contributed by atoms with Crippen molar-refractivity contribution in [3.63, 3.8) is 0 Å². The van der Waals surface area contributed by atoms with E-state index in [0.29, 0.717) is 13.0 Å². The van der Waals surface area contributed by atoms with Crippen LogP contribution in [-0.2, 0) is 9.53 Å². The summed E-state index contributed by atoms with van der Waals surface area (Å²) in [6.07, 6.45) is 1.14. The highest BCUT2D eigenvalue weighted by atomic mass is 16.5. The molecule has 16 heavy (non-hydrogen) atoms. The SMILES string of the molecule is CC(CC(C)(N)C(=O)O)OCCC(C)(C)C. The molecular formula is C12H25NO3. The number of carboxylic acid groups (broad SMARTS) is 1. The molecule has 0 fully saturated rings. The van der Waals surface area contributed by atoms with Crippen molar-refractivity contribution in [2.75, 3.05) is 6.61 Å². The number of hydrogen-bond donors (Lipinski definition) is 2. The zero-order valence-corrected chi connectivity index (χ0v) is 11.0. The average Bonchev–Trinajstić information content (AvgIpc) is 1.99. The van der Waals surface area contributed by atoms with Crippen LogP contribution in [0, 0.1) is 5.41 Å². The number of aliphatic carboxylic acids is 1. The van der Waals surface area contributed by atoms with Crippen molar-refractivity contribution in [3.8, 4) is 0 Å².